The van der Waals surface area contributed by atoms with E-state index in [0.717, 1.165) is 17.5 Å². The van der Waals surface area contributed by atoms with Crippen molar-refractivity contribution in [3.63, 3.8) is 0 Å². The van der Waals surface area contributed by atoms with Crippen molar-refractivity contribution in [2.45, 2.75) is 19.3 Å². The number of hydrogen-bond donors (Lipinski definition) is 0. The summed E-state index contributed by atoms with van der Waals surface area (Å²) in [6.07, 6.45) is -1.06. The van der Waals surface area contributed by atoms with Crippen LogP contribution in [-0.2, 0) is 19.3 Å². The SMILES string of the molecule is CN(Cc1nccn1Cc1ccccc1)c1ccc(C#N)c(C(F)(F)F)c1. The van der Waals surface area contributed by atoms with Crippen molar-refractivity contribution >= 4 is 5.69 Å². The number of hydrogen-bond acceptors (Lipinski definition) is 3. The summed E-state index contributed by atoms with van der Waals surface area (Å²) in [5.74, 6) is 0.735. The summed E-state index contributed by atoms with van der Waals surface area (Å²) >= 11 is 0. The minimum Gasteiger partial charge on any atom is -0.367 e. The molecule has 27 heavy (non-hydrogen) atoms. The summed E-state index contributed by atoms with van der Waals surface area (Å²) in [5.41, 5.74) is 0.167. The van der Waals surface area contributed by atoms with Crippen LogP contribution in [0.2, 0.25) is 0 Å². The van der Waals surface area contributed by atoms with Gasteiger partial charge in [0.05, 0.1) is 23.7 Å². The summed E-state index contributed by atoms with van der Waals surface area (Å²) in [4.78, 5) is 6.01. The maximum absolute atomic E-state index is 13.2. The molecule has 0 bridgehead atoms. The highest BCUT2D eigenvalue weighted by molar-refractivity contribution is 5.54. The second-order valence-corrected chi connectivity index (χ2v) is 6.15. The van der Waals surface area contributed by atoms with Gasteiger partial charge in [-0.15, -0.1) is 0 Å². The van der Waals surface area contributed by atoms with Gasteiger partial charge in [-0.1, -0.05) is 30.3 Å². The van der Waals surface area contributed by atoms with E-state index in [1.165, 1.54) is 12.1 Å². The second-order valence-electron chi connectivity index (χ2n) is 6.15. The topological polar surface area (TPSA) is 44.9 Å². The van der Waals surface area contributed by atoms with Gasteiger partial charge in [0, 0.05) is 31.7 Å². The van der Waals surface area contributed by atoms with Gasteiger partial charge in [-0.3, -0.25) is 0 Å². The lowest BCUT2D eigenvalue weighted by molar-refractivity contribution is -0.137. The average Bonchev–Trinajstić information content (AvgIpc) is 3.08. The largest absolute Gasteiger partial charge is 0.417 e. The molecular formula is C20H17F3N4. The Balaban J connectivity index is 1.82. The third-order valence-corrected chi connectivity index (χ3v) is 4.25. The van der Waals surface area contributed by atoms with Gasteiger partial charge in [0.15, 0.2) is 0 Å². The van der Waals surface area contributed by atoms with Crippen LogP contribution >= 0.6 is 0 Å². The van der Waals surface area contributed by atoms with E-state index in [1.54, 1.807) is 24.2 Å². The number of nitriles is 1. The molecule has 2 aromatic carbocycles. The van der Waals surface area contributed by atoms with Gasteiger partial charge < -0.3 is 9.47 Å². The van der Waals surface area contributed by atoms with E-state index in [4.69, 9.17) is 5.26 Å². The minimum absolute atomic E-state index is 0.336. The monoisotopic (exact) mass is 370 g/mol. The molecule has 7 heteroatoms. The van der Waals surface area contributed by atoms with Crippen molar-refractivity contribution in [2.24, 2.45) is 0 Å². The molecule has 0 spiro atoms. The Morgan fingerprint density at radius 1 is 1.15 bits per heavy atom. The molecule has 1 aromatic heterocycles. The van der Waals surface area contributed by atoms with Crippen molar-refractivity contribution in [3.8, 4) is 6.07 Å². The van der Waals surface area contributed by atoms with E-state index in [2.05, 4.69) is 4.98 Å². The Morgan fingerprint density at radius 3 is 2.56 bits per heavy atom. The maximum Gasteiger partial charge on any atom is 0.417 e. The van der Waals surface area contributed by atoms with Crippen LogP contribution in [0.25, 0.3) is 0 Å². The highest BCUT2D eigenvalue weighted by Gasteiger charge is 2.34. The van der Waals surface area contributed by atoms with Gasteiger partial charge >= 0.3 is 6.18 Å². The number of benzene rings is 2. The first-order chi connectivity index (χ1) is 12.9. The van der Waals surface area contributed by atoms with Crippen molar-refractivity contribution in [2.75, 3.05) is 11.9 Å². The first-order valence-corrected chi connectivity index (χ1v) is 8.25. The zero-order chi connectivity index (χ0) is 19.4. The van der Waals surface area contributed by atoms with Crippen molar-refractivity contribution < 1.29 is 13.2 Å². The van der Waals surface area contributed by atoms with Gasteiger partial charge in [-0.2, -0.15) is 18.4 Å². The van der Waals surface area contributed by atoms with Gasteiger partial charge in [0.2, 0.25) is 0 Å². The van der Waals surface area contributed by atoms with Gasteiger partial charge in [0.25, 0.3) is 0 Å². The fraction of sp³-hybridized carbons (Fsp3) is 0.200. The summed E-state index contributed by atoms with van der Waals surface area (Å²) < 4.78 is 41.5. The van der Waals surface area contributed by atoms with Crippen molar-refractivity contribution in [1.82, 2.24) is 9.55 Å². The Labute approximate surface area is 155 Å². The van der Waals surface area contributed by atoms with E-state index in [0.29, 0.717) is 18.8 Å². The fourth-order valence-corrected chi connectivity index (χ4v) is 2.82. The molecule has 4 nitrogen and oxygen atoms in total. The van der Waals surface area contributed by atoms with E-state index in [9.17, 15) is 13.2 Å². The lowest BCUT2D eigenvalue weighted by atomic mass is 10.1. The minimum atomic E-state index is -4.58. The first kappa shape index (κ1) is 18.5. The third kappa shape index (κ3) is 4.29. The van der Waals surface area contributed by atoms with E-state index < -0.39 is 11.7 Å². The zero-order valence-electron chi connectivity index (χ0n) is 14.6. The quantitative estimate of drug-likeness (QED) is 0.666. The predicted octanol–water partition coefficient (Wildman–Crippen LogP) is 4.46. The smallest absolute Gasteiger partial charge is 0.367 e. The van der Waals surface area contributed by atoms with Crippen molar-refractivity contribution in [1.29, 1.82) is 5.26 Å². The number of alkyl halides is 3. The Kier molecular flexibility index (Phi) is 5.17. The second kappa shape index (κ2) is 7.54. The molecule has 0 aliphatic carbocycles. The molecule has 0 atom stereocenters. The van der Waals surface area contributed by atoms with E-state index >= 15 is 0 Å². The Bertz CT molecular complexity index is 955. The fourth-order valence-electron chi connectivity index (χ4n) is 2.82. The lowest BCUT2D eigenvalue weighted by Crippen LogP contribution is -2.21. The number of rotatable bonds is 5. The van der Waals surface area contributed by atoms with Crippen LogP contribution in [0.1, 0.15) is 22.5 Å². The summed E-state index contributed by atoms with van der Waals surface area (Å²) in [6.45, 7) is 0.966. The molecule has 0 aliphatic heterocycles. The van der Waals surface area contributed by atoms with Crippen LogP contribution in [0.5, 0.6) is 0 Å². The van der Waals surface area contributed by atoms with Gasteiger partial charge in [-0.05, 0) is 23.8 Å². The standard InChI is InChI=1S/C20H17F3N4/c1-26(17-8-7-16(12-24)18(11-17)20(21,22)23)14-19-25-9-10-27(19)13-15-5-3-2-4-6-15/h2-11H,13-14H2,1H3. The highest BCUT2D eigenvalue weighted by Crippen LogP contribution is 2.34. The molecule has 0 unspecified atom stereocenters. The molecule has 3 rings (SSSR count). The summed E-state index contributed by atoms with van der Waals surface area (Å²) in [7, 11) is 1.70. The molecular weight excluding hydrogens is 353 g/mol. The predicted molar refractivity (Wildman–Crippen MR) is 96.0 cm³/mol. The molecule has 0 amide bonds. The average molecular weight is 370 g/mol. The van der Waals surface area contributed by atoms with Crippen LogP contribution in [0.3, 0.4) is 0 Å². The number of nitrogens with zero attached hydrogens (tertiary/aromatic N) is 4. The Hall–Kier alpha value is -3.27. The van der Waals surface area contributed by atoms with Crippen LogP contribution in [0.15, 0.2) is 60.9 Å². The highest BCUT2D eigenvalue weighted by atomic mass is 19.4. The van der Waals surface area contributed by atoms with Crippen LogP contribution < -0.4 is 4.90 Å². The number of anilines is 1. The normalized spacial score (nSPS) is 11.2. The summed E-state index contributed by atoms with van der Waals surface area (Å²) in [5, 5.41) is 8.92. The molecule has 0 aliphatic rings. The first-order valence-electron chi connectivity index (χ1n) is 8.25. The summed E-state index contributed by atoms with van der Waals surface area (Å²) in [6, 6.07) is 15.2. The molecule has 0 fully saturated rings. The number of imidazole rings is 1. The zero-order valence-corrected chi connectivity index (χ0v) is 14.6. The molecule has 138 valence electrons. The molecule has 0 radical (unpaired) electrons. The molecule has 0 saturated carbocycles. The molecule has 1 heterocycles. The van der Waals surface area contributed by atoms with E-state index in [-0.39, 0.29) is 5.56 Å². The van der Waals surface area contributed by atoms with Gasteiger partial charge in [0.1, 0.15) is 5.82 Å². The number of halogens is 3. The van der Waals surface area contributed by atoms with Crippen LogP contribution in [-0.4, -0.2) is 16.6 Å². The Morgan fingerprint density at radius 2 is 1.89 bits per heavy atom. The maximum atomic E-state index is 13.2. The number of aromatic nitrogens is 2. The van der Waals surface area contributed by atoms with E-state index in [1.807, 2.05) is 41.1 Å². The third-order valence-electron chi connectivity index (χ3n) is 4.25. The molecule has 0 N–H and O–H groups in total. The molecule has 3 aromatic rings. The van der Waals surface area contributed by atoms with Gasteiger partial charge in [-0.25, -0.2) is 4.98 Å². The van der Waals surface area contributed by atoms with Crippen molar-refractivity contribution in [3.05, 3.63) is 83.4 Å². The molecule has 0 saturated heterocycles. The van der Waals surface area contributed by atoms with Crippen LogP contribution in [0, 0.1) is 11.3 Å². The van der Waals surface area contributed by atoms with Crippen LogP contribution in [0.4, 0.5) is 18.9 Å². The lowest BCUT2D eigenvalue weighted by Gasteiger charge is -2.21.